The maximum Gasteiger partial charge on any atom is 0.116 e. The monoisotopic (exact) mass is 165 g/mol. The largest absolute Gasteiger partial charge is 0.320 e. The molecule has 0 aromatic heterocycles. The highest BCUT2D eigenvalue weighted by Gasteiger charge is 1.50. The van der Waals surface area contributed by atoms with Crippen molar-refractivity contribution < 1.29 is 4.79 Å². The number of hydrogen-bond donors (Lipinski definition) is 1. The fourth-order valence-electron chi connectivity index (χ4n) is 0. The Bertz CT molecular complexity index is 28.7. The standard InChI is InChI=1S/C3H9N.C2H4O.C2H6.2CH4/c1-3-4-2;1-2-3;1-2;;/h4H,3H2,1-2H3;2H,1H3;1-2H3;2*1H4. The fourth-order valence-corrected chi connectivity index (χ4v) is 0. The lowest BCUT2D eigenvalue weighted by Crippen LogP contribution is -2.01. The molecule has 0 saturated heterocycles. The van der Waals surface area contributed by atoms with E-state index in [9.17, 15) is 0 Å². The van der Waals surface area contributed by atoms with Crippen LogP contribution in [0.5, 0.6) is 0 Å². The Morgan fingerprint density at radius 1 is 1.27 bits per heavy atom. The van der Waals surface area contributed by atoms with E-state index in [0.717, 1.165) is 12.8 Å². The van der Waals surface area contributed by atoms with E-state index in [1.54, 1.807) is 0 Å². The van der Waals surface area contributed by atoms with E-state index in [2.05, 4.69) is 12.2 Å². The van der Waals surface area contributed by atoms with Gasteiger partial charge in [0.2, 0.25) is 0 Å². The average molecular weight is 165 g/mol. The van der Waals surface area contributed by atoms with Gasteiger partial charge in [-0.25, -0.2) is 0 Å². The molecular formula is C9H27NO. The van der Waals surface area contributed by atoms with Crippen molar-refractivity contribution in [3.63, 3.8) is 0 Å². The van der Waals surface area contributed by atoms with Gasteiger partial charge in [0, 0.05) is 0 Å². The minimum atomic E-state index is 0. The van der Waals surface area contributed by atoms with Crippen LogP contribution in [0.4, 0.5) is 0 Å². The van der Waals surface area contributed by atoms with Gasteiger partial charge in [0.25, 0.3) is 0 Å². The lowest BCUT2D eigenvalue weighted by molar-refractivity contribution is -0.106. The summed E-state index contributed by atoms with van der Waals surface area (Å²) in [6, 6.07) is 0. The first-order valence-electron chi connectivity index (χ1n) is 3.37. The molecule has 1 N–H and O–H groups in total. The highest BCUT2D eigenvalue weighted by molar-refractivity contribution is 5.44. The molecule has 74 valence electrons. The van der Waals surface area contributed by atoms with Crippen LogP contribution in [0, 0.1) is 0 Å². The first-order chi connectivity index (χ1) is 4.33. The Balaban J connectivity index is -0.0000000158. The Kier molecular flexibility index (Phi) is 293. The zero-order valence-corrected chi connectivity index (χ0v) is 7.19. The van der Waals surface area contributed by atoms with Crippen molar-refractivity contribution in [3.8, 4) is 0 Å². The summed E-state index contributed by atoms with van der Waals surface area (Å²) in [5.41, 5.74) is 0. The summed E-state index contributed by atoms with van der Waals surface area (Å²) < 4.78 is 0. The second-order valence-electron chi connectivity index (χ2n) is 0.943. The van der Waals surface area contributed by atoms with Crippen molar-refractivity contribution in [3.05, 3.63) is 0 Å². The molecule has 0 spiro atoms. The summed E-state index contributed by atoms with van der Waals surface area (Å²) in [5.74, 6) is 0. The molecule has 0 atom stereocenters. The van der Waals surface area contributed by atoms with Crippen molar-refractivity contribution in [2.75, 3.05) is 13.6 Å². The maximum atomic E-state index is 8.81. The summed E-state index contributed by atoms with van der Waals surface area (Å²) in [6.07, 6.45) is 0.750. The molecule has 0 amide bonds. The van der Waals surface area contributed by atoms with Crippen molar-refractivity contribution >= 4 is 6.29 Å². The Labute approximate surface area is 73.4 Å². The van der Waals surface area contributed by atoms with E-state index in [1.165, 1.54) is 6.92 Å². The van der Waals surface area contributed by atoms with E-state index in [-0.39, 0.29) is 14.9 Å². The molecule has 0 aromatic carbocycles. The average Bonchev–Trinajstić information content (AvgIpc) is 1.94. The van der Waals surface area contributed by atoms with Crippen molar-refractivity contribution in [2.45, 2.75) is 42.5 Å². The molecule has 0 aliphatic carbocycles. The second kappa shape index (κ2) is 104. The Hall–Kier alpha value is -0.370. The van der Waals surface area contributed by atoms with Gasteiger partial charge in [0.1, 0.15) is 6.29 Å². The van der Waals surface area contributed by atoms with Gasteiger partial charge in [-0.1, -0.05) is 35.6 Å². The maximum absolute atomic E-state index is 8.81. The summed E-state index contributed by atoms with van der Waals surface area (Å²) >= 11 is 0. The molecule has 0 aliphatic rings. The molecule has 0 aliphatic heterocycles. The van der Waals surface area contributed by atoms with Crippen LogP contribution in [0.3, 0.4) is 0 Å². The van der Waals surface area contributed by atoms with Gasteiger partial charge in [0.15, 0.2) is 0 Å². The predicted octanol–water partition coefficient (Wildman–Crippen LogP) is 2.73. The molecule has 0 radical (unpaired) electrons. The van der Waals surface area contributed by atoms with Gasteiger partial charge < -0.3 is 10.1 Å². The minimum absolute atomic E-state index is 0. The SMILES string of the molecule is C.C.CC.CC=O.CCNC. The van der Waals surface area contributed by atoms with Crippen LogP contribution < -0.4 is 5.32 Å². The molecule has 0 saturated carbocycles. The second-order valence-corrected chi connectivity index (χ2v) is 0.943. The molecule has 0 aromatic rings. The van der Waals surface area contributed by atoms with Crippen LogP contribution in [0.1, 0.15) is 42.5 Å². The molecule has 11 heavy (non-hydrogen) atoms. The summed E-state index contributed by atoms with van der Waals surface area (Å²) in [7, 11) is 1.93. The number of nitrogens with one attached hydrogen (secondary N) is 1. The molecule has 2 nitrogen and oxygen atoms in total. The zero-order valence-electron chi connectivity index (χ0n) is 7.19. The third-order valence-electron chi connectivity index (χ3n) is 0.354. The van der Waals surface area contributed by atoms with Gasteiger partial charge in [-0.3, -0.25) is 0 Å². The quantitative estimate of drug-likeness (QED) is 0.605. The van der Waals surface area contributed by atoms with Gasteiger partial charge in [0.05, 0.1) is 0 Å². The van der Waals surface area contributed by atoms with Crippen molar-refractivity contribution in [1.29, 1.82) is 0 Å². The van der Waals surface area contributed by atoms with E-state index in [0.29, 0.717) is 0 Å². The van der Waals surface area contributed by atoms with Gasteiger partial charge >= 0.3 is 0 Å². The van der Waals surface area contributed by atoms with Gasteiger partial charge in [-0.05, 0) is 20.5 Å². The van der Waals surface area contributed by atoms with Crippen molar-refractivity contribution in [2.24, 2.45) is 0 Å². The summed E-state index contributed by atoms with van der Waals surface area (Å²) in [6.45, 7) is 8.58. The summed E-state index contributed by atoms with van der Waals surface area (Å²) in [5, 5.41) is 2.93. The fraction of sp³-hybridized carbons (Fsp3) is 0.889. The van der Waals surface area contributed by atoms with E-state index in [4.69, 9.17) is 4.79 Å². The molecular weight excluding hydrogens is 138 g/mol. The lowest BCUT2D eigenvalue weighted by atomic mass is 10.8. The zero-order chi connectivity index (χ0) is 8.12. The highest BCUT2D eigenvalue weighted by atomic mass is 16.1. The van der Waals surface area contributed by atoms with Crippen LogP contribution in [0.25, 0.3) is 0 Å². The van der Waals surface area contributed by atoms with Crippen LogP contribution in [-0.4, -0.2) is 19.9 Å². The molecule has 0 bridgehead atoms. The van der Waals surface area contributed by atoms with Gasteiger partial charge in [-0.2, -0.15) is 0 Å². The lowest BCUT2D eigenvalue weighted by Gasteiger charge is -1.76. The summed E-state index contributed by atoms with van der Waals surface area (Å²) in [4.78, 5) is 8.81. The van der Waals surface area contributed by atoms with E-state index in [1.807, 2.05) is 20.9 Å². The number of aldehydes is 1. The first-order valence-corrected chi connectivity index (χ1v) is 3.37. The minimum Gasteiger partial charge on any atom is -0.320 e. The number of rotatable bonds is 1. The molecule has 0 unspecified atom stereocenters. The Morgan fingerprint density at radius 2 is 1.36 bits per heavy atom. The molecule has 0 fully saturated rings. The van der Waals surface area contributed by atoms with Crippen molar-refractivity contribution in [1.82, 2.24) is 5.32 Å². The van der Waals surface area contributed by atoms with E-state index >= 15 is 0 Å². The predicted molar refractivity (Wildman–Crippen MR) is 56.1 cm³/mol. The topological polar surface area (TPSA) is 29.1 Å². The highest BCUT2D eigenvalue weighted by Crippen LogP contribution is 1.34. The third kappa shape index (κ3) is 1410. The molecule has 2 heteroatoms. The number of carbonyl (C=O) groups is 1. The molecule has 0 rings (SSSR count). The van der Waals surface area contributed by atoms with E-state index < -0.39 is 0 Å². The molecule has 0 heterocycles. The first kappa shape index (κ1) is 31.1. The Morgan fingerprint density at radius 3 is 1.36 bits per heavy atom. The van der Waals surface area contributed by atoms with Crippen LogP contribution in [0.2, 0.25) is 0 Å². The van der Waals surface area contributed by atoms with Gasteiger partial charge in [-0.15, -0.1) is 0 Å². The number of hydrogen-bond acceptors (Lipinski definition) is 2. The van der Waals surface area contributed by atoms with Crippen LogP contribution in [0.15, 0.2) is 0 Å². The van der Waals surface area contributed by atoms with Crippen LogP contribution in [-0.2, 0) is 4.79 Å². The normalized spacial score (nSPS) is 4.45. The third-order valence-corrected chi connectivity index (χ3v) is 0.354. The van der Waals surface area contributed by atoms with Crippen LogP contribution >= 0.6 is 0 Å². The smallest absolute Gasteiger partial charge is 0.116 e. The number of carbonyl (C=O) groups excluding carboxylic acids is 1.